The Morgan fingerprint density at radius 3 is 2.39 bits per heavy atom. The average molecular weight is 276 g/mol. The van der Waals surface area contributed by atoms with Crippen LogP contribution in [0.4, 0.5) is 14.5 Å². The van der Waals surface area contributed by atoms with Gasteiger partial charge in [-0.05, 0) is 25.5 Å². The van der Waals surface area contributed by atoms with E-state index in [0.29, 0.717) is 6.42 Å². The van der Waals surface area contributed by atoms with Crippen molar-refractivity contribution >= 4 is 15.7 Å². The van der Waals surface area contributed by atoms with E-state index in [1.165, 1.54) is 6.08 Å². The Hall–Kier alpha value is -1.47. The van der Waals surface area contributed by atoms with Gasteiger partial charge in [0.05, 0.1) is 0 Å². The summed E-state index contributed by atoms with van der Waals surface area (Å²) in [6, 6.07) is 1.01. The van der Waals surface area contributed by atoms with Crippen LogP contribution in [-0.2, 0) is 10.0 Å². The maximum Gasteiger partial charge on any atom is 0.246 e. The second kappa shape index (κ2) is 5.45. The SMILES string of the molecule is C=CCC(C)NS(=O)(=O)c1c(F)cc(N)cc1F. The number of halogens is 2. The fourth-order valence-corrected chi connectivity index (χ4v) is 2.83. The second-order valence-corrected chi connectivity index (χ2v) is 5.51. The first-order valence-electron chi connectivity index (χ1n) is 5.15. The zero-order chi connectivity index (χ0) is 13.9. The van der Waals surface area contributed by atoms with Crippen LogP contribution in [-0.4, -0.2) is 14.5 Å². The standard InChI is InChI=1S/C11H14F2N2O2S/c1-3-4-7(2)15-18(16,17)11-9(12)5-8(14)6-10(11)13/h3,5-7,15H,1,4,14H2,2H3. The van der Waals surface area contributed by atoms with E-state index in [0.717, 1.165) is 12.1 Å². The van der Waals surface area contributed by atoms with Crippen molar-refractivity contribution in [3.05, 3.63) is 36.4 Å². The molecule has 0 aliphatic rings. The summed E-state index contributed by atoms with van der Waals surface area (Å²) in [6.07, 6.45) is 1.85. The maximum absolute atomic E-state index is 13.5. The van der Waals surface area contributed by atoms with Crippen molar-refractivity contribution in [1.82, 2.24) is 4.72 Å². The highest BCUT2D eigenvalue weighted by molar-refractivity contribution is 7.89. The fraction of sp³-hybridized carbons (Fsp3) is 0.273. The summed E-state index contributed by atoms with van der Waals surface area (Å²) in [5, 5.41) is 0. The van der Waals surface area contributed by atoms with Gasteiger partial charge in [0, 0.05) is 11.7 Å². The molecule has 0 aromatic heterocycles. The molecule has 100 valence electrons. The molecule has 0 aliphatic carbocycles. The van der Waals surface area contributed by atoms with Crippen molar-refractivity contribution in [2.45, 2.75) is 24.3 Å². The van der Waals surface area contributed by atoms with Crippen LogP contribution in [0.1, 0.15) is 13.3 Å². The number of hydrogen-bond donors (Lipinski definition) is 2. The number of sulfonamides is 1. The molecular formula is C11H14F2N2O2S. The van der Waals surface area contributed by atoms with Crippen molar-refractivity contribution in [2.24, 2.45) is 0 Å². The van der Waals surface area contributed by atoms with Crippen LogP contribution >= 0.6 is 0 Å². The van der Waals surface area contributed by atoms with Crippen LogP contribution in [0.25, 0.3) is 0 Å². The Morgan fingerprint density at radius 2 is 1.94 bits per heavy atom. The molecule has 3 N–H and O–H groups in total. The molecule has 0 spiro atoms. The molecule has 18 heavy (non-hydrogen) atoms. The van der Waals surface area contributed by atoms with Crippen LogP contribution < -0.4 is 10.5 Å². The van der Waals surface area contributed by atoms with Gasteiger partial charge in [0.15, 0.2) is 4.90 Å². The van der Waals surface area contributed by atoms with Gasteiger partial charge in [0.2, 0.25) is 10.0 Å². The van der Waals surface area contributed by atoms with Crippen molar-refractivity contribution in [1.29, 1.82) is 0 Å². The molecule has 0 saturated heterocycles. The molecule has 0 amide bonds. The second-order valence-electron chi connectivity index (χ2n) is 3.86. The number of anilines is 1. The van der Waals surface area contributed by atoms with Gasteiger partial charge in [0.1, 0.15) is 11.6 Å². The van der Waals surface area contributed by atoms with E-state index >= 15 is 0 Å². The van der Waals surface area contributed by atoms with Gasteiger partial charge in [-0.25, -0.2) is 21.9 Å². The van der Waals surface area contributed by atoms with Gasteiger partial charge in [-0.1, -0.05) is 6.08 Å². The lowest BCUT2D eigenvalue weighted by atomic mass is 10.3. The lowest BCUT2D eigenvalue weighted by molar-refractivity contribution is 0.508. The Morgan fingerprint density at radius 1 is 1.44 bits per heavy atom. The van der Waals surface area contributed by atoms with Gasteiger partial charge in [-0.2, -0.15) is 0 Å². The van der Waals surface area contributed by atoms with Gasteiger partial charge in [-0.3, -0.25) is 0 Å². The van der Waals surface area contributed by atoms with Crippen LogP contribution in [0.15, 0.2) is 29.7 Å². The van der Waals surface area contributed by atoms with Gasteiger partial charge < -0.3 is 5.73 Å². The molecule has 1 aromatic rings. The number of hydrogen-bond acceptors (Lipinski definition) is 3. The third kappa shape index (κ3) is 3.27. The van der Waals surface area contributed by atoms with E-state index in [2.05, 4.69) is 11.3 Å². The van der Waals surface area contributed by atoms with Crippen LogP contribution in [0.3, 0.4) is 0 Å². The molecule has 7 heteroatoms. The van der Waals surface area contributed by atoms with E-state index < -0.39 is 32.6 Å². The van der Waals surface area contributed by atoms with Gasteiger partial charge in [0.25, 0.3) is 0 Å². The molecule has 0 saturated carbocycles. The molecule has 0 bridgehead atoms. The largest absolute Gasteiger partial charge is 0.399 e. The summed E-state index contributed by atoms with van der Waals surface area (Å²) >= 11 is 0. The zero-order valence-corrected chi connectivity index (χ0v) is 10.6. The number of nitrogen functional groups attached to an aromatic ring is 1. The smallest absolute Gasteiger partial charge is 0.246 e. The monoisotopic (exact) mass is 276 g/mol. The first-order chi connectivity index (χ1) is 8.27. The van der Waals surface area contributed by atoms with Crippen LogP contribution in [0.5, 0.6) is 0 Å². The zero-order valence-electron chi connectivity index (χ0n) is 9.78. The average Bonchev–Trinajstić information content (AvgIpc) is 2.13. The summed E-state index contributed by atoms with van der Waals surface area (Å²) in [5.41, 5.74) is 5.03. The molecular weight excluding hydrogens is 262 g/mol. The van der Waals surface area contributed by atoms with Crippen molar-refractivity contribution < 1.29 is 17.2 Å². The highest BCUT2D eigenvalue weighted by Gasteiger charge is 2.25. The first-order valence-corrected chi connectivity index (χ1v) is 6.64. The highest BCUT2D eigenvalue weighted by Crippen LogP contribution is 2.21. The molecule has 0 heterocycles. The summed E-state index contributed by atoms with van der Waals surface area (Å²) in [7, 11) is -4.26. The van der Waals surface area contributed by atoms with Gasteiger partial charge >= 0.3 is 0 Å². The predicted molar refractivity (Wildman–Crippen MR) is 65.4 cm³/mol. The lowest BCUT2D eigenvalue weighted by Crippen LogP contribution is -2.33. The van der Waals surface area contributed by atoms with Crippen molar-refractivity contribution in [2.75, 3.05) is 5.73 Å². The maximum atomic E-state index is 13.5. The van der Waals surface area contributed by atoms with E-state index in [1.54, 1.807) is 6.92 Å². The first kappa shape index (κ1) is 14.6. The minimum Gasteiger partial charge on any atom is -0.399 e. The predicted octanol–water partition coefficient (Wildman–Crippen LogP) is 1.79. The third-order valence-corrected chi connectivity index (χ3v) is 3.81. The normalized spacial score (nSPS) is 13.3. The summed E-state index contributed by atoms with van der Waals surface area (Å²) in [6.45, 7) is 5.01. The topological polar surface area (TPSA) is 72.2 Å². The minimum absolute atomic E-state index is 0.178. The number of nitrogens with two attached hydrogens (primary N) is 1. The lowest BCUT2D eigenvalue weighted by Gasteiger charge is -2.13. The fourth-order valence-electron chi connectivity index (χ4n) is 1.46. The Labute approximate surface area is 105 Å². The molecule has 1 unspecified atom stereocenters. The quantitative estimate of drug-likeness (QED) is 0.636. The summed E-state index contributed by atoms with van der Waals surface area (Å²) in [4.78, 5) is -1.02. The summed E-state index contributed by atoms with van der Waals surface area (Å²) in [5.74, 6) is -2.43. The number of nitrogens with one attached hydrogen (secondary N) is 1. The Kier molecular flexibility index (Phi) is 4.42. The molecule has 1 rings (SSSR count). The highest BCUT2D eigenvalue weighted by atomic mass is 32.2. The molecule has 1 atom stereocenters. The Balaban J connectivity index is 3.17. The van der Waals surface area contributed by atoms with E-state index in [9.17, 15) is 17.2 Å². The molecule has 0 fully saturated rings. The molecule has 4 nitrogen and oxygen atoms in total. The Bertz CT molecular complexity index is 535. The minimum atomic E-state index is -4.26. The number of rotatable bonds is 5. The third-order valence-electron chi connectivity index (χ3n) is 2.17. The van der Waals surface area contributed by atoms with Crippen LogP contribution in [0.2, 0.25) is 0 Å². The molecule has 1 aromatic carbocycles. The van der Waals surface area contributed by atoms with Crippen LogP contribution in [0, 0.1) is 11.6 Å². The molecule has 0 aliphatic heterocycles. The van der Waals surface area contributed by atoms with Crippen molar-refractivity contribution in [3.8, 4) is 0 Å². The van der Waals surface area contributed by atoms with Crippen molar-refractivity contribution in [3.63, 3.8) is 0 Å². The van der Waals surface area contributed by atoms with E-state index in [4.69, 9.17) is 5.73 Å². The van der Waals surface area contributed by atoms with E-state index in [1.807, 2.05) is 0 Å². The van der Waals surface area contributed by atoms with E-state index in [-0.39, 0.29) is 5.69 Å². The molecule has 0 radical (unpaired) electrons. The van der Waals surface area contributed by atoms with Gasteiger partial charge in [-0.15, -0.1) is 6.58 Å². The number of benzene rings is 1. The summed E-state index contributed by atoms with van der Waals surface area (Å²) < 4.78 is 52.7.